The highest BCUT2D eigenvalue weighted by Gasteiger charge is 2.06. The molecule has 0 saturated heterocycles. The molecule has 0 bridgehead atoms. The fraction of sp³-hybridized carbons (Fsp3) is 0.500. The molecule has 0 radical (unpaired) electrons. The average molecular weight is 259 g/mol. The van der Waals surface area contributed by atoms with E-state index >= 15 is 0 Å². The monoisotopic (exact) mass is 259 g/mol. The van der Waals surface area contributed by atoms with Crippen molar-refractivity contribution in [3.05, 3.63) is 35.6 Å². The summed E-state index contributed by atoms with van der Waals surface area (Å²) in [6, 6.07) is 6.41. The molecule has 17 heavy (non-hydrogen) atoms. The van der Waals surface area contributed by atoms with Gasteiger partial charge in [0.1, 0.15) is 15.7 Å². The molecule has 1 unspecified atom stereocenters. The van der Waals surface area contributed by atoms with E-state index in [2.05, 4.69) is 5.32 Å². The highest BCUT2D eigenvalue weighted by molar-refractivity contribution is 7.90. The summed E-state index contributed by atoms with van der Waals surface area (Å²) in [4.78, 5) is 0. The van der Waals surface area contributed by atoms with Crippen LogP contribution in [0.2, 0.25) is 0 Å². The Morgan fingerprint density at radius 2 is 2.12 bits per heavy atom. The summed E-state index contributed by atoms with van der Waals surface area (Å²) in [5.74, 6) is -0.0807. The smallest absolute Gasteiger partial charge is 0.147 e. The molecule has 0 heterocycles. The largest absolute Gasteiger partial charge is 0.310 e. The number of rotatable bonds is 6. The molecule has 0 aliphatic carbocycles. The van der Waals surface area contributed by atoms with Gasteiger partial charge in [-0.25, -0.2) is 12.8 Å². The Bertz CT molecular complexity index is 459. The molecule has 0 spiro atoms. The molecule has 0 amide bonds. The molecule has 0 saturated carbocycles. The van der Waals surface area contributed by atoms with Crippen molar-refractivity contribution in [2.24, 2.45) is 0 Å². The summed E-state index contributed by atoms with van der Waals surface area (Å²) in [5.41, 5.74) is 0.865. The zero-order valence-electron chi connectivity index (χ0n) is 10.1. The van der Waals surface area contributed by atoms with Gasteiger partial charge in [-0.1, -0.05) is 12.1 Å². The van der Waals surface area contributed by atoms with Crippen LogP contribution in [0.15, 0.2) is 24.3 Å². The standard InChI is InChI=1S/C12H18FNO2S/c1-10(11-5-3-6-12(13)9-11)14-7-4-8-17(2,15)16/h3,5-6,9-10,14H,4,7-8H2,1-2H3. The predicted octanol–water partition coefficient (Wildman–Crippen LogP) is 1.91. The minimum absolute atomic E-state index is 0.0188. The lowest BCUT2D eigenvalue weighted by Gasteiger charge is -2.13. The predicted molar refractivity (Wildman–Crippen MR) is 67.1 cm³/mol. The van der Waals surface area contributed by atoms with Crippen LogP contribution in [0, 0.1) is 5.82 Å². The minimum Gasteiger partial charge on any atom is -0.310 e. The van der Waals surface area contributed by atoms with Gasteiger partial charge in [-0.05, 0) is 37.6 Å². The van der Waals surface area contributed by atoms with E-state index < -0.39 is 9.84 Å². The van der Waals surface area contributed by atoms with Gasteiger partial charge < -0.3 is 5.32 Å². The fourth-order valence-electron chi connectivity index (χ4n) is 1.55. The van der Waals surface area contributed by atoms with Crippen LogP contribution in [0.25, 0.3) is 0 Å². The van der Waals surface area contributed by atoms with Crippen LogP contribution in [-0.2, 0) is 9.84 Å². The molecular formula is C12H18FNO2S. The summed E-state index contributed by atoms with van der Waals surface area (Å²) < 4.78 is 34.8. The second-order valence-electron chi connectivity index (χ2n) is 4.21. The highest BCUT2D eigenvalue weighted by Crippen LogP contribution is 2.13. The normalized spacial score (nSPS) is 13.6. The maximum absolute atomic E-state index is 13.0. The van der Waals surface area contributed by atoms with Gasteiger partial charge in [0.25, 0.3) is 0 Å². The van der Waals surface area contributed by atoms with E-state index in [1.165, 1.54) is 18.4 Å². The second-order valence-corrected chi connectivity index (χ2v) is 6.47. The van der Waals surface area contributed by atoms with Crippen molar-refractivity contribution in [1.82, 2.24) is 5.32 Å². The summed E-state index contributed by atoms with van der Waals surface area (Å²) in [6.07, 6.45) is 1.79. The first-order valence-corrected chi connectivity index (χ1v) is 7.61. The lowest BCUT2D eigenvalue weighted by atomic mass is 10.1. The van der Waals surface area contributed by atoms with E-state index in [1.54, 1.807) is 6.07 Å². The molecule has 5 heteroatoms. The number of sulfone groups is 1. The molecule has 96 valence electrons. The second kappa shape index (κ2) is 6.12. The SMILES string of the molecule is CC(NCCCS(C)(=O)=O)c1cccc(F)c1. The molecule has 0 aliphatic heterocycles. The Kier molecular flexibility index (Phi) is 5.08. The number of hydrogen-bond acceptors (Lipinski definition) is 3. The van der Waals surface area contributed by atoms with Crippen molar-refractivity contribution < 1.29 is 12.8 Å². The Morgan fingerprint density at radius 3 is 2.71 bits per heavy atom. The first-order chi connectivity index (χ1) is 7.88. The van der Waals surface area contributed by atoms with Gasteiger partial charge in [0.05, 0.1) is 5.75 Å². The van der Waals surface area contributed by atoms with Gasteiger partial charge in [0, 0.05) is 12.3 Å². The van der Waals surface area contributed by atoms with Crippen LogP contribution in [0.4, 0.5) is 4.39 Å². The van der Waals surface area contributed by atoms with E-state index in [9.17, 15) is 12.8 Å². The summed E-state index contributed by atoms with van der Waals surface area (Å²) in [5, 5.41) is 3.17. The number of hydrogen-bond donors (Lipinski definition) is 1. The molecule has 1 N–H and O–H groups in total. The zero-order valence-corrected chi connectivity index (χ0v) is 10.9. The van der Waals surface area contributed by atoms with Crippen molar-refractivity contribution in [3.8, 4) is 0 Å². The minimum atomic E-state index is -2.89. The van der Waals surface area contributed by atoms with Gasteiger partial charge in [0.15, 0.2) is 0 Å². The Labute approximate surface area is 102 Å². The van der Waals surface area contributed by atoms with E-state index in [4.69, 9.17) is 0 Å². The van der Waals surface area contributed by atoms with Gasteiger partial charge >= 0.3 is 0 Å². The number of halogens is 1. The van der Waals surface area contributed by atoms with Crippen LogP contribution in [0.5, 0.6) is 0 Å². The average Bonchev–Trinajstić information content (AvgIpc) is 2.23. The van der Waals surface area contributed by atoms with Crippen molar-refractivity contribution in [2.45, 2.75) is 19.4 Å². The third-order valence-corrected chi connectivity index (χ3v) is 3.52. The zero-order chi connectivity index (χ0) is 12.9. The van der Waals surface area contributed by atoms with Crippen LogP contribution >= 0.6 is 0 Å². The van der Waals surface area contributed by atoms with Crippen molar-refractivity contribution in [1.29, 1.82) is 0 Å². The number of nitrogens with one attached hydrogen (secondary N) is 1. The molecule has 0 fully saturated rings. The van der Waals surface area contributed by atoms with E-state index in [0.29, 0.717) is 13.0 Å². The Morgan fingerprint density at radius 1 is 1.41 bits per heavy atom. The van der Waals surface area contributed by atoms with E-state index in [1.807, 2.05) is 13.0 Å². The molecule has 3 nitrogen and oxygen atoms in total. The topological polar surface area (TPSA) is 46.2 Å². The lowest BCUT2D eigenvalue weighted by molar-refractivity contribution is 0.556. The van der Waals surface area contributed by atoms with Gasteiger partial charge in [-0.15, -0.1) is 0 Å². The van der Waals surface area contributed by atoms with Crippen LogP contribution < -0.4 is 5.32 Å². The van der Waals surface area contributed by atoms with Crippen LogP contribution in [0.3, 0.4) is 0 Å². The lowest BCUT2D eigenvalue weighted by Crippen LogP contribution is -2.21. The first kappa shape index (κ1) is 14.1. The maximum Gasteiger partial charge on any atom is 0.147 e. The highest BCUT2D eigenvalue weighted by atomic mass is 32.2. The molecule has 1 aromatic rings. The molecule has 0 aliphatic rings. The summed E-state index contributed by atoms with van der Waals surface area (Å²) in [7, 11) is -2.89. The van der Waals surface area contributed by atoms with Crippen molar-refractivity contribution >= 4 is 9.84 Å². The fourth-order valence-corrected chi connectivity index (χ4v) is 2.22. The number of benzene rings is 1. The summed E-state index contributed by atoms with van der Waals surface area (Å²) >= 11 is 0. The molecule has 1 atom stereocenters. The molecule has 1 aromatic carbocycles. The Balaban J connectivity index is 2.38. The first-order valence-electron chi connectivity index (χ1n) is 5.55. The van der Waals surface area contributed by atoms with Gasteiger partial charge in [-0.2, -0.15) is 0 Å². The molecule has 0 aromatic heterocycles. The van der Waals surface area contributed by atoms with Gasteiger partial charge in [0.2, 0.25) is 0 Å². The maximum atomic E-state index is 13.0. The van der Waals surface area contributed by atoms with Gasteiger partial charge in [-0.3, -0.25) is 0 Å². The van der Waals surface area contributed by atoms with Crippen LogP contribution in [0.1, 0.15) is 24.9 Å². The van der Waals surface area contributed by atoms with Crippen molar-refractivity contribution in [3.63, 3.8) is 0 Å². The van der Waals surface area contributed by atoms with Crippen LogP contribution in [-0.4, -0.2) is 27.0 Å². The summed E-state index contributed by atoms with van der Waals surface area (Å²) in [6.45, 7) is 2.53. The third kappa shape index (κ3) is 5.79. The molecular weight excluding hydrogens is 241 g/mol. The van der Waals surface area contributed by atoms with Crippen molar-refractivity contribution in [2.75, 3.05) is 18.6 Å². The Hall–Kier alpha value is -0.940. The quantitative estimate of drug-likeness (QED) is 0.794. The third-order valence-electron chi connectivity index (χ3n) is 2.49. The molecule has 1 rings (SSSR count). The van der Waals surface area contributed by atoms with E-state index in [0.717, 1.165) is 5.56 Å². The van der Waals surface area contributed by atoms with E-state index in [-0.39, 0.29) is 17.6 Å².